The van der Waals surface area contributed by atoms with E-state index < -0.39 is 0 Å². The van der Waals surface area contributed by atoms with Gasteiger partial charge in [0.05, 0.1) is 18.7 Å². The van der Waals surface area contributed by atoms with E-state index in [9.17, 15) is 0 Å². The molecule has 0 atom stereocenters. The van der Waals surface area contributed by atoms with Crippen LogP contribution in [0.25, 0.3) is 0 Å². The number of alkyl halides is 1. The van der Waals surface area contributed by atoms with Crippen LogP contribution < -0.4 is 4.74 Å². The van der Waals surface area contributed by atoms with Crippen molar-refractivity contribution in [1.82, 2.24) is 4.98 Å². The molecular formula is C5H6ClNO2. The Morgan fingerprint density at radius 1 is 1.89 bits per heavy atom. The number of rotatable bonds is 2. The SMILES string of the molecule is COc1nc(CCl)co1. The molecule has 0 radical (unpaired) electrons. The van der Waals surface area contributed by atoms with Gasteiger partial charge in [-0.15, -0.1) is 11.6 Å². The van der Waals surface area contributed by atoms with Gasteiger partial charge in [0.15, 0.2) is 0 Å². The average Bonchev–Trinajstić information content (AvgIpc) is 2.34. The Morgan fingerprint density at radius 3 is 3.00 bits per heavy atom. The van der Waals surface area contributed by atoms with E-state index in [4.69, 9.17) is 16.0 Å². The quantitative estimate of drug-likeness (QED) is 0.594. The van der Waals surface area contributed by atoms with E-state index in [0.29, 0.717) is 11.6 Å². The molecular weight excluding hydrogens is 142 g/mol. The summed E-state index contributed by atoms with van der Waals surface area (Å²) < 4.78 is 9.45. The number of aromatic nitrogens is 1. The molecule has 0 amide bonds. The lowest BCUT2D eigenvalue weighted by atomic mass is 10.6. The van der Waals surface area contributed by atoms with Crippen LogP contribution in [0.5, 0.6) is 6.08 Å². The molecule has 0 saturated heterocycles. The van der Waals surface area contributed by atoms with Gasteiger partial charge in [0.2, 0.25) is 0 Å². The predicted molar refractivity (Wildman–Crippen MR) is 32.6 cm³/mol. The summed E-state index contributed by atoms with van der Waals surface area (Å²) in [4.78, 5) is 3.83. The molecule has 0 aliphatic heterocycles. The highest BCUT2D eigenvalue weighted by molar-refractivity contribution is 6.16. The third-order valence-corrected chi connectivity index (χ3v) is 1.12. The molecule has 0 fully saturated rings. The Labute approximate surface area is 57.6 Å². The van der Waals surface area contributed by atoms with Crippen molar-refractivity contribution in [3.8, 4) is 6.08 Å². The molecule has 0 saturated carbocycles. The molecule has 4 heteroatoms. The number of ether oxygens (including phenoxy) is 1. The second kappa shape index (κ2) is 2.73. The van der Waals surface area contributed by atoms with Crippen molar-refractivity contribution in [2.24, 2.45) is 0 Å². The summed E-state index contributed by atoms with van der Waals surface area (Å²) in [5.41, 5.74) is 0.688. The monoisotopic (exact) mass is 147 g/mol. The second-order valence-electron chi connectivity index (χ2n) is 1.44. The molecule has 0 aliphatic rings. The summed E-state index contributed by atoms with van der Waals surface area (Å²) >= 11 is 5.42. The average molecular weight is 148 g/mol. The first-order chi connectivity index (χ1) is 4.36. The van der Waals surface area contributed by atoms with E-state index in [1.807, 2.05) is 0 Å². The molecule has 3 nitrogen and oxygen atoms in total. The molecule has 1 aromatic heterocycles. The van der Waals surface area contributed by atoms with Crippen molar-refractivity contribution in [2.75, 3.05) is 7.11 Å². The molecule has 1 heterocycles. The van der Waals surface area contributed by atoms with Crippen molar-refractivity contribution in [1.29, 1.82) is 0 Å². The summed E-state index contributed by atoms with van der Waals surface area (Å²) in [6.07, 6.45) is 1.72. The zero-order valence-electron chi connectivity index (χ0n) is 4.93. The summed E-state index contributed by atoms with van der Waals surface area (Å²) in [5, 5.41) is 0. The first-order valence-electron chi connectivity index (χ1n) is 2.41. The zero-order chi connectivity index (χ0) is 6.69. The Bertz CT molecular complexity index is 168. The topological polar surface area (TPSA) is 35.3 Å². The van der Waals surface area contributed by atoms with E-state index in [2.05, 4.69) is 9.72 Å². The van der Waals surface area contributed by atoms with Crippen LogP contribution in [0.15, 0.2) is 10.7 Å². The van der Waals surface area contributed by atoms with Crippen LogP contribution in [0.4, 0.5) is 0 Å². The van der Waals surface area contributed by atoms with Crippen molar-refractivity contribution in [3.63, 3.8) is 0 Å². The maximum Gasteiger partial charge on any atom is 0.393 e. The normalized spacial score (nSPS) is 9.56. The lowest BCUT2D eigenvalue weighted by Crippen LogP contribution is -1.81. The molecule has 0 N–H and O–H groups in total. The van der Waals surface area contributed by atoms with Crippen LogP contribution in [0, 0.1) is 0 Å². The summed E-state index contributed by atoms with van der Waals surface area (Å²) in [6.45, 7) is 0. The van der Waals surface area contributed by atoms with Gasteiger partial charge in [-0.25, -0.2) is 0 Å². The van der Waals surface area contributed by atoms with Gasteiger partial charge in [0, 0.05) is 0 Å². The minimum Gasteiger partial charge on any atom is -0.454 e. The van der Waals surface area contributed by atoms with Crippen LogP contribution >= 0.6 is 11.6 Å². The highest BCUT2D eigenvalue weighted by Gasteiger charge is 1.99. The van der Waals surface area contributed by atoms with Gasteiger partial charge >= 0.3 is 6.08 Å². The number of hydrogen-bond donors (Lipinski definition) is 0. The van der Waals surface area contributed by atoms with Gasteiger partial charge in [-0.3, -0.25) is 0 Å². The molecule has 1 aromatic rings. The Kier molecular flexibility index (Phi) is 1.95. The van der Waals surface area contributed by atoms with Crippen molar-refractivity contribution in [2.45, 2.75) is 5.88 Å². The third-order valence-electron chi connectivity index (χ3n) is 0.842. The highest BCUT2D eigenvalue weighted by Crippen LogP contribution is 2.09. The number of hydrogen-bond acceptors (Lipinski definition) is 3. The summed E-state index contributed by atoms with van der Waals surface area (Å²) in [5.74, 6) is 0.354. The van der Waals surface area contributed by atoms with Crippen molar-refractivity contribution in [3.05, 3.63) is 12.0 Å². The predicted octanol–water partition coefficient (Wildman–Crippen LogP) is 1.42. The maximum atomic E-state index is 5.42. The fourth-order valence-corrected chi connectivity index (χ4v) is 0.566. The standard InChI is InChI=1S/C5H6ClNO2/c1-8-5-7-4(2-6)3-9-5/h3H,2H2,1H3. The van der Waals surface area contributed by atoms with E-state index >= 15 is 0 Å². The number of methoxy groups -OCH3 is 1. The van der Waals surface area contributed by atoms with Gasteiger partial charge in [-0.05, 0) is 0 Å². The van der Waals surface area contributed by atoms with Gasteiger partial charge in [0.25, 0.3) is 0 Å². The minimum absolute atomic E-state index is 0.255. The summed E-state index contributed by atoms with van der Waals surface area (Å²) in [6, 6.07) is 0. The lowest BCUT2D eigenvalue weighted by molar-refractivity contribution is 0.290. The fraction of sp³-hybridized carbons (Fsp3) is 0.400. The molecule has 0 aromatic carbocycles. The largest absolute Gasteiger partial charge is 0.454 e. The number of nitrogens with zero attached hydrogens (tertiary/aromatic N) is 1. The van der Waals surface area contributed by atoms with Gasteiger partial charge in [-0.1, -0.05) is 0 Å². The van der Waals surface area contributed by atoms with Crippen LogP contribution in [-0.2, 0) is 5.88 Å². The fourth-order valence-electron chi connectivity index (χ4n) is 0.444. The van der Waals surface area contributed by atoms with Crippen molar-refractivity contribution < 1.29 is 9.15 Å². The zero-order valence-corrected chi connectivity index (χ0v) is 5.68. The smallest absolute Gasteiger partial charge is 0.393 e. The molecule has 0 unspecified atom stereocenters. The first-order valence-corrected chi connectivity index (χ1v) is 2.94. The second-order valence-corrected chi connectivity index (χ2v) is 1.71. The van der Waals surface area contributed by atoms with E-state index in [-0.39, 0.29) is 6.08 Å². The Balaban J connectivity index is 2.74. The van der Waals surface area contributed by atoms with E-state index in [1.165, 1.54) is 13.4 Å². The first kappa shape index (κ1) is 6.42. The van der Waals surface area contributed by atoms with Crippen LogP contribution in [0.1, 0.15) is 5.69 Å². The van der Waals surface area contributed by atoms with Gasteiger partial charge < -0.3 is 9.15 Å². The molecule has 50 valence electrons. The lowest BCUT2D eigenvalue weighted by Gasteiger charge is -1.84. The van der Waals surface area contributed by atoms with Crippen LogP contribution in [-0.4, -0.2) is 12.1 Å². The Morgan fingerprint density at radius 2 is 2.67 bits per heavy atom. The molecule has 0 aliphatic carbocycles. The molecule has 9 heavy (non-hydrogen) atoms. The Hall–Kier alpha value is -0.700. The minimum atomic E-state index is 0.255. The van der Waals surface area contributed by atoms with Crippen molar-refractivity contribution >= 4 is 11.6 Å². The molecule has 0 spiro atoms. The number of halogens is 1. The van der Waals surface area contributed by atoms with E-state index in [0.717, 1.165) is 0 Å². The van der Waals surface area contributed by atoms with Crippen LogP contribution in [0.2, 0.25) is 0 Å². The summed E-state index contributed by atoms with van der Waals surface area (Å²) in [7, 11) is 1.49. The highest BCUT2D eigenvalue weighted by atomic mass is 35.5. The van der Waals surface area contributed by atoms with Crippen LogP contribution in [0.3, 0.4) is 0 Å². The van der Waals surface area contributed by atoms with E-state index in [1.54, 1.807) is 0 Å². The maximum absolute atomic E-state index is 5.42. The molecule has 1 rings (SSSR count). The van der Waals surface area contributed by atoms with Gasteiger partial charge in [0.1, 0.15) is 6.26 Å². The number of oxazole rings is 1. The van der Waals surface area contributed by atoms with Gasteiger partial charge in [-0.2, -0.15) is 4.98 Å². The molecule has 0 bridgehead atoms. The third kappa shape index (κ3) is 1.36.